The summed E-state index contributed by atoms with van der Waals surface area (Å²) in [5.41, 5.74) is 0.864. The van der Waals surface area contributed by atoms with Crippen molar-refractivity contribution in [2.45, 2.75) is 13.0 Å². The summed E-state index contributed by atoms with van der Waals surface area (Å²) in [4.78, 5) is 0. The molecule has 0 aliphatic heterocycles. The highest BCUT2D eigenvalue weighted by Gasteiger charge is 2.13. The molecule has 0 spiro atoms. The molecule has 0 saturated carbocycles. The molecule has 0 saturated heterocycles. The normalized spacial score (nSPS) is 11.8. The summed E-state index contributed by atoms with van der Waals surface area (Å²) >= 11 is 3.24. The number of hydrogen-bond donors (Lipinski definition) is 1. The van der Waals surface area contributed by atoms with E-state index in [0.29, 0.717) is 15.6 Å². The van der Waals surface area contributed by atoms with Gasteiger partial charge < -0.3 is 9.84 Å². The fourth-order valence-electron chi connectivity index (χ4n) is 1.71. The van der Waals surface area contributed by atoms with Crippen molar-refractivity contribution in [2.75, 3.05) is 0 Å². The van der Waals surface area contributed by atoms with Crippen LogP contribution in [0, 0.1) is 17.1 Å². The van der Waals surface area contributed by atoms with Crippen LogP contribution in [0.25, 0.3) is 0 Å². The fourth-order valence-corrected chi connectivity index (χ4v) is 2.05. The Morgan fingerprint density at radius 2 is 2.00 bits per heavy atom. The lowest BCUT2D eigenvalue weighted by Crippen LogP contribution is -1.98. The van der Waals surface area contributed by atoms with Crippen LogP contribution in [0.3, 0.4) is 0 Å². The van der Waals surface area contributed by atoms with Gasteiger partial charge >= 0.3 is 0 Å². The average molecular weight is 336 g/mol. The molecule has 0 aliphatic rings. The quantitative estimate of drug-likeness (QED) is 0.909. The van der Waals surface area contributed by atoms with Gasteiger partial charge in [0.15, 0.2) is 11.6 Å². The van der Waals surface area contributed by atoms with Gasteiger partial charge in [0.1, 0.15) is 5.75 Å². The van der Waals surface area contributed by atoms with Crippen molar-refractivity contribution in [3.63, 3.8) is 0 Å². The molecule has 0 aromatic heterocycles. The minimum Gasteiger partial charge on any atom is -0.454 e. The topological polar surface area (TPSA) is 53.2 Å². The van der Waals surface area contributed by atoms with Crippen molar-refractivity contribution in [3.8, 4) is 17.6 Å². The zero-order valence-corrected chi connectivity index (χ0v) is 12.2. The molecule has 0 fully saturated rings. The summed E-state index contributed by atoms with van der Waals surface area (Å²) in [5.74, 6) is -0.237. The van der Waals surface area contributed by atoms with Crippen molar-refractivity contribution >= 4 is 15.9 Å². The van der Waals surface area contributed by atoms with Crippen LogP contribution in [0.5, 0.6) is 11.5 Å². The second-order valence-corrected chi connectivity index (χ2v) is 5.13. The van der Waals surface area contributed by atoms with Crippen LogP contribution in [-0.2, 0) is 0 Å². The molecule has 20 heavy (non-hydrogen) atoms. The molecule has 1 N–H and O–H groups in total. The third-order valence-corrected chi connectivity index (χ3v) is 3.20. The summed E-state index contributed by atoms with van der Waals surface area (Å²) in [6.07, 6.45) is -0.784. The molecule has 0 bridgehead atoms. The third kappa shape index (κ3) is 3.16. The Labute approximate surface area is 124 Å². The highest BCUT2D eigenvalue weighted by Crippen LogP contribution is 2.33. The minimum absolute atomic E-state index is 0.0244. The Morgan fingerprint density at radius 3 is 2.65 bits per heavy atom. The predicted molar refractivity (Wildman–Crippen MR) is 76.0 cm³/mol. The number of benzene rings is 2. The molecular formula is C15H11BrFNO2. The Bertz CT molecular complexity index is 680. The second kappa shape index (κ2) is 6.04. The van der Waals surface area contributed by atoms with Crippen molar-refractivity contribution in [1.29, 1.82) is 5.26 Å². The third-order valence-electron chi connectivity index (χ3n) is 2.71. The molecule has 1 atom stereocenters. The van der Waals surface area contributed by atoms with Crippen molar-refractivity contribution in [3.05, 3.63) is 57.8 Å². The molecule has 0 heterocycles. The largest absolute Gasteiger partial charge is 0.454 e. The summed E-state index contributed by atoms with van der Waals surface area (Å²) in [6, 6.07) is 10.9. The van der Waals surface area contributed by atoms with Crippen LogP contribution in [-0.4, -0.2) is 5.11 Å². The summed E-state index contributed by atoms with van der Waals surface area (Å²) < 4.78 is 19.9. The Hall–Kier alpha value is -1.90. The van der Waals surface area contributed by atoms with Gasteiger partial charge in [0.05, 0.1) is 17.7 Å². The van der Waals surface area contributed by atoms with Crippen LogP contribution in [0.4, 0.5) is 4.39 Å². The number of nitriles is 1. The number of rotatable bonds is 3. The Morgan fingerprint density at radius 1 is 1.25 bits per heavy atom. The first-order valence-corrected chi connectivity index (χ1v) is 6.65. The van der Waals surface area contributed by atoms with Crippen LogP contribution >= 0.6 is 15.9 Å². The molecule has 3 nitrogen and oxygen atoms in total. The maximum Gasteiger partial charge on any atom is 0.165 e. The predicted octanol–water partition coefficient (Wildman–Crippen LogP) is 4.31. The van der Waals surface area contributed by atoms with E-state index < -0.39 is 11.9 Å². The van der Waals surface area contributed by atoms with Gasteiger partial charge in [-0.3, -0.25) is 0 Å². The number of nitrogens with zero attached hydrogens (tertiary/aromatic N) is 1. The average Bonchev–Trinajstić information content (AvgIpc) is 2.42. The summed E-state index contributed by atoms with van der Waals surface area (Å²) in [7, 11) is 0. The molecular weight excluding hydrogens is 325 g/mol. The van der Waals surface area contributed by atoms with E-state index in [1.807, 2.05) is 6.07 Å². The van der Waals surface area contributed by atoms with Crippen LogP contribution in [0.15, 0.2) is 40.9 Å². The van der Waals surface area contributed by atoms with E-state index in [1.165, 1.54) is 18.2 Å². The zero-order chi connectivity index (χ0) is 14.7. The highest BCUT2D eigenvalue weighted by molar-refractivity contribution is 9.10. The first kappa shape index (κ1) is 14.5. The van der Waals surface area contributed by atoms with Gasteiger partial charge in [-0.05, 0) is 37.3 Å². The Kier molecular flexibility index (Phi) is 4.38. The maximum atomic E-state index is 13.7. The smallest absolute Gasteiger partial charge is 0.165 e. The monoisotopic (exact) mass is 335 g/mol. The molecule has 2 aromatic carbocycles. The minimum atomic E-state index is -0.784. The molecule has 2 aromatic rings. The lowest BCUT2D eigenvalue weighted by atomic mass is 10.1. The number of halogens is 2. The van der Waals surface area contributed by atoms with Crippen molar-refractivity contribution in [2.24, 2.45) is 0 Å². The van der Waals surface area contributed by atoms with Gasteiger partial charge in [-0.1, -0.05) is 22.0 Å². The van der Waals surface area contributed by atoms with E-state index >= 15 is 0 Å². The molecule has 2 rings (SSSR count). The van der Waals surface area contributed by atoms with Gasteiger partial charge in [0.2, 0.25) is 0 Å². The molecule has 102 valence electrons. The van der Waals surface area contributed by atoms with E-state index in [0.717, 1.165) is 0 Å². The highest BCUT2D eigenvalue weighted by atomic mass is 79.9. The number of hydrogen-bond acceptors (Lipinski definition) is 3. The van der Waals surface area contributed by atoms with Gasteiger partial charge in [0, 0.05) is 10.0 Å². The van der Waals surface area contributed by atoms with E-state index in [4.69, 9.17) is 10.00 Å². The van der Waals surface area contributed by atoms with Gasteiger partial charge in [0.25, 0.3) is 0 Å². The second-order valence-electron chi connectivity index (χ2n) is 4.22. The maximum absolute atomic E-state index is 13.7. The SMILES string of the molecule is C[C@@H](O)c1ccc(C#N)cc1Oc1cc(Br)ccc1F. The number of aliphatic hydroxyl groups excluding tert-OH is 1. The van der Waals surface area contributed by atoms with Gasteiger partial charge in [-0.25, -0.2) is 4.39 Å². The number of ether oxygens (including phenoxy) is 1. The summed E-state index contributed by atoms with van der Waals surface area (Å²) in [5, 5.41) is 18.6. The van der Waals surface area contributed by atoms with Crippen LogP contribution < -0.4 is 4.74 Å². The lowest BCUT2D eigenvalue weighted by Gasteiger charge is -2.14. The fraction of sp³-hybridized carbons (Fsp3) is 0.133. The Balaban J connectivity index is 2.46. The van der Waals surface area contributed by atoms with E-state index in [9.17, 15) is 9.50 Å². The van der Waals surface area contributed by atoms with Gasteiger partial charge in [-0.15, -0.1) is 0 Å². The van der Waals surface area contributed by atoms with E-state index in [-0.39, 0.29) is 11.5 Å². The van der Waals surface area contributed by atoms with Crippen LogP contribution in [0.1, 0.15) is 24.2 Å². The standard InChI is InChI=1S/C15H11BrFNO2/c1-9(19)12-4-2-10(8-18)6-14(12)20-15-7-11(16)3-5-13(15)17/h2-7,9,19H,1H3/t9-/m1/s1. The lowest BCUT2D eigenvalue weighted by molar-refractivity contribution is 0.195. The van der Waals surface area contributed by atoms with E-state index in [1.54, 1.807) is 25.1 Å². The first-order valence-electron chi connectivity index (χ1n) is 5.86. The van der Waals surface area contributed by atoms with Crippen LogP contribution in [0.2, 0.25) is 0 Å². The molecule has 0 radical (unpaired) electrons. The summed E-state index contributed by atoms with van der Waals surface area (Å²) in [6.45, 7) is 1.57. The van der Waals surface area contributed by atoms with Crippen molar-refractivity contribution in [1.82, 2.24) is 0 Å². The number of aliphatic hydroxyl groups is 1. The van der Waals surface area contributed by atoms with Gasteiger partial charge in [-0.2, -0.15) is 5.26 Å². The molecule has 0 amide bonds. The molecule has 5 heteroatoms. The first-order chi connectivity index (χ1) is 9.51. The molecule has 0 aliphatic carbocycles. The van der Waals surface area contributed by atoms with E-state index in [2.05, 4.69) is 15.9 Å². The molecule has 0 unspecified atom stereocenters. The zero-order valence-electron chi connectivity index (χ0n) is 10.6. The van der Waals surface area contributed by atoms with Crippen molar-refractivity contribution < 1.29 is 14.2 Å².